The minimum Gasteiger partial charge on any atom is -0.398 e. The Hall–Kier alpha value is -1.52. The summed E-state index contributed by atoms with van der Waals surface area (Å²) in [6.07, 6.45) is 0. The van der Waals surface area contributed by atoms with Crippen molar-refractivity contribution in [3.63, 3.8) is 0 Å². The number of aromatic nitrogens is 2. The third-order valence-electron chi connectivity index (χ3n) is 3.43. The molecule has 0 amide bonds. The molecule has 5 heteroatoms. The molecule has 21 heavy (non-hydrogen) atoms. The molecule has 108 valence electrons. The van der Waals surface area contributed by atoms with Crippen molar-refractivity contribution >= 4 is 44.3 Å². The lowest BCUT2D eigenvalue weighted by Gasteiger charge is -2.13. The van der Waals surface area contributed by atoms with Gasteiger partial charge in [-0.15, -0.1) is 0 Å². The maximum Gasteiger partial charge on any atom is 0.141 e. The van der Waals surface area contributed by atoms with E-state index in [0.29, 0.717) is 10.7 Å². The molecule has 0 saturated heterocycles. The van der Waals surface area contributed by atoms with Gasteiger partial charge in [0, 0.05) is 26.8 Å². The van der Waals surface area contributed by atoms with Crippen LogP contribution in [0.5, 0.6) is 0 Å². The number of hydrogen-bond donors (Lipinski definition) is 1. The number of fused-ring (bicyclic) bond motifs is 1. The van der Waals surface area contributed by atoms with Crippen molar-refractivity contribution in [2.24, 2.45) is 0 Å². The predicted molar refractivity (Wildman–Crippen MR) is 92.7 cm³/mol. The summed E-state index contributed by atoms with van der Waals surface area (Å²) in [5, 5.41) is 0.717. The Bertz CT molecular complexity index is 824. The number of halogens is 2. The maximum atomic E-state index is 6.13. The Morgan fingerprint density at radius 1 is 1.19 bits per heavy atom. The Morgan fingerprint density at radius 3 is 2.62 bits per heavy atom. The fourth-order valence-corrected chi connectivity index (χ4v) is 3.00. The minimum absolute atomic E-state index is 0.278. The first-order valence-corrected chi connectivity index (χ1v) is 7.87. The molecule has 1 aromatic heterocycles. The summed E-state index contributed by atoms with van der Waals surface area (Å²) in [6.45, 7) is 4.27. The van der Waals surface area contributed by atoms with Crippen LogP contribution in [0.25, 0.3) is 22.4 Å². The summed E-state index contributed by atoms with van der Waals surface area (Å²) < 4.78 is 3.07. The summed E-state index contributed by atoms with van der Waals surface area (Å²) >= 11 is 9.61. The highest BCUT2D eigenvalue weighted by Gasteiger charge is 2.15. The molecular weight excluding hydrogens is 350 g/mol. The molecule has 0 aliphatic carbocycles. The number of benzene rings is 2. The second kappa shape index (κ2) is 5.35. The average molecular weight is 365 g/mol. The van der Waals surface area contributed by atoms with Gasteiger partial charge in [0.15, 0.2) is 0 Å². The first-order chi connectivity index (χ1) is 9.97. The van der Waals surface area contributed by atoms with E-state index in [1.165, 1.54) is 0 Å². The van der Waals surface area contributed by atoms with Crippen LogP contribution in [0.15, 0.2) is 40.9 Å². The molecule has 3 aromatic rings. The van der Waals surface area contributed by atoms with Crippen molar-refractivity contribution in [2.45, 2.75) is 19.9 Å². The van der Waals surface area contributed by atoms with E-state index >= 15 is 0 Å². The highest BCUT2D eigenvalue weighted by atomic mass is 79.9. The zero-order chi connectivity index (χ0) is 15.1. The topological polar surface area (TPSA) is 43.8 Å². The molecule has 2 aromatic carbocycles. The van der Waals surface area contributed by atoms with Crippen molar-refractivity contribution in [2.75, 3.05) is 5.73 Å². The van der Waals surface area contributed by atoms with E-state index < -0.39 is 0 Å². The van der Waals surface area contributed by atoms with Crippen LogP contribution < -0.4 is 5.73 Å². The van der Waals surface area contributed by atoms with Crippen LogP contribution in [-0.4, -0.2) is 9.55 Å². The third-order valence-corrected chi connectivity index (χ3v) is 4.35. The molecule has 0 bridgehead atoms. The molecular formula is C16H15BrClN3. The van der Waals surface area contributed by atoms with Crippen LogP contribution in [0.2, 0.25) is 5.02 Å². The normalized spacial score (nSPS) is 11.5. The van der Waals surface area contributed by atoms with Gasteiger partial charge >= 0.3 is 0 Å². The summed E-state index contributed by atoms with van der Waals surface area (Å²) in [4.78, 5) is 4.76. The Balaban J connectivity index is 2.30. The second-order valence-electron chi connectivity index (χ2n) is 5.27. The zero-order valence-electron chi connectivity index (χ0n) is 11.8. The van der Waals surface area contributed by atoms with Crippen molar-refractivity contribution in [3.05, 3.63) is 45.9 Å². The van der Waals surface area contributed by atoms with Gasteiger partial charge in [0.1, 0.15) is 5.82 Å². The largest absolute Gasteiger partial charge is 0.398 e. The molecule has 0 spiro atoms. The van der Waals surface area contributed by atoms with E-state index in [1.54, 1.807) is 0 Å². The van der Waals surface area contributed by atoms with Crippen LogP contribution >= 0.6 is 27.5 Å². The van der Waals surface area contributed by atoms with Crippen molar-refractivity contribution in [3.8, 4) is 11.4 Å². The number of nitrogens with two attached hydrogens (primary N) is 1. The number of imidazole rings is 1. The molecule has 0 aliphatic heterocycles. The molecule has 0 aliphatic rings. The van der Waals surface area contributed by atoms with E-state index in [9.17, 15) is 0 Å². The standard InChI is InChI=1S/C16H15BrClN3/c1-9(2)21-15-8-11(18)4-6-14(15)20-16(21)10-3-5-13(19)12(17)7-10/h3-9H,19H2,1-2H3. The first kappa shape index (κ1) is 14.4. The summed E-state index contributed by atoms with van der Waals surface area (Å²) in [5.74, 6) is 0.919. The SMILES string of the molecule is CC(C)n1c(-c2ccc(N)c(Br)c2)nc2ccc(Cl)cc21. The van der Waals surface area contributed by atoms with E-state index in [1.807, 2.05) is 36.4 Å². The highest BCUT2D eigenvalue weighted by molar-refractivity contribution is 9.10. The van der Waals surface area contributed by atoms with Gasteiger partial charge < -0.3 is 10.3 Å². The van der Waals surface area contributed by atoms with Gasteiger partial charge in [-0.2, -0.15) is 0 Å². The Kier molecular flexibility index (Phi) is 3.68. The van der Waals surface area contributed by atoms with Gasteiger partial charge in [-0.1, -0.05) is 11.6 Å². The van der Waals surface area contributed by atoms with Crippen LogP contribution in [0.4, 0.5) is 5.69 Å². The number of hydrogen-bond acceptors (Lipinski definition) is 2. The summed E-state index contributed by atoms with van der Waals surface area (Å²) in [6, 6.07) is 11.9. The van der Waals surface area contributed by atoms with Crippen molar-refractivity contribution in [1.82, 2.24) is 9.55 Å². The van der Waals surface area contributed by atoms with Gasteiger partial charge in [-0.3, -0.25) is 0 Å². The van der Waals surface area contributed by atoms with E-state index in [-0.39, 0.29) is 6.04 Å². The molecule has 0 saturated carbocycles. The number of nitrogen functional groups attached to an aromatic ring is 1. The lowest BCUT2D eigenvalue weighted by molar-refractivity contribution is 0.624. The van der Waals surface area contributed by atoms with Gasteiger partial charge in [0.2, 0.25) is 0 Å². The summed E-state index contributed by atoms with van der Waals surface area (Å²) in [5.41, 5.74) is 9.59. The number of nitrogens with zero attached hydrogens (tertiary/aromatic N) is 2. The van der Waals surface area contributed by atoms with E-state index in [4.69, 9.17) is 22.3 Å². The Labute approximate surface area is 136 Å². The van der Waals surface area contributed by atoms with E-state index in [2.05, 4.69) is 34.3 Å². The Morgan fingerprint density at radius 2 is 1.95 bits per heavy atom. The molecule has 2 N–H and O–H groups in total. The maximum absolute atomic E-state index is 6.13. The smallest absolute Gasteiger partial charge is 0.141 e. The molecule has 3 rings (SSSR count). The number of rotatable bonds is 2. The molecule has 0 radical (unpaired) electrons. The van der Waals surface area contributed by atoms with Crippen molar-refractivity contribution in [1.29, 1.82) is 0 Å². The molecule has 3 nitrogen and oxygen atoms in total. The first-order valence-electron chi connectivity index (χ1n) is 6.70. The van der Waals surface area contributed by atoms with Gasteiger partial charge in [-0.05, 0) is 66.2 Å². The lowest BCUT2D eigenvalue weighted by atomic mass is 10.2. The fraction of sp³-hybridized carbons (Fsp3) is 0.188. The van der Waals surface area contributed by atoms with Crippen LogP contribution in [0.1, 0.15) is 19.9 Å². The van der Waals surface area contributed by atoms with Crippen LogP contribution in [0.3, 0.4) is 0 Å². The average Bonchev–Trinajstić information content (AvgIpc) is 2.80. The van der Waals surface area contributed by atoms with Gasteiger partial charge in [0.25, 0.3) is 0 Å². The van der Waals surface area contributed by atoms with E-state index in [0.717, 1.165) is 26.9 Å². The summed E-state index contributed by atoms with van der Waals surface area (Å²) in [7, 11) is 0. The molecule has 0 unspecified atom stereocenters. The van der Waals surface area contributed by atoms with Gasteiger partial charge in [0.05, 0.1) is 11.0 Å². The zero-order valence-corrected chi connectivity index (χ0v) is 14.1. The highest BCUT2D eigenvalue weighted by Crippen LogP contribution is 2.32. The molecule has 0 atom stereocenters. The number of anilines is 1. The third kappa shape index (κ3) is 2.54. The second-order valence-corrected chi connectivity index (χ2v) is 6.56. The van der Waals surface area contributed by atoms with Crippen LogP contribution in [-0.2, 0) is 0 Å². The lowest BCUT2D eigenvalue weighted by Crippen LogP contribution is -2.03. The van der Waals surface area contributed by atoms with Crippen molar-refractivity contribution < 1.29 is 0 Å². The quantitative estimate of drug-likeness (QED) is 0.628. The monoisotopic (exact) mass is 363 g/mol. The minimum atomic E-state index is 0.278. The molecule has 0 fully saturated rings. The molecule has 1 heterocycles. The fourth-order valence-electron chi connectivity index (χ4n) is 2.46. The predicted octanol–water partition coefficient (Wildman–Crippen LogP) is 5.28. The van der Waals surface area contributed by atoms with Gasteiger partial charge in [-0.25, -0.2) is 4.98 Å². The van der Waals surface area contributed by atoms with Crippen LogP contribution in [0, 0.1) is 0 Å².